The van der Waals surface area contributed by atoms with Crippen LogP contribution in [0.5, 0.6) is 11.5 Å². The smallest absolute Gasteiger partial charge is 0.335 e. The summed E-state index contributed by atoms with van der Waals surface area (Å²) in [7, 11) is 1.62. The third kappa shape index (κ3) is 3.29. The SMILES string of the molecule is COc1ccc(COc2ccc(C(=O)O)c(C)c2)cc1. The lowest BCUT2D eigenvalue weighted by Crippen LogP contribution is -2.01. The van der Waals surface area contributed by atoms with E-state index in [0.29, 0.717) is 23.5 Å². The third-order valence-electron chi connectivity index (χ3n) is 2.99. The molecule has 0 spiro atoms. The maximum atomic E-state index is 10.9. The van der Waals surface area contributed by atoms with Gasteiger partial charge in [0.15, 0.2) is 0 Å². The molecule has 20 heavy (non-hydrogen) atoms. The Bertz CT molecular complexity index is 602. The fourth-order valence-electron chi connectivity index (χ4n) is 1.85. The number of ether oxygens (including phenoxy) is 2. The van der Waals surface area contributed by atoms with Crippen molar-refractivity contribution in [3.63, 3.8) is 0 Å². The van der Waals surface area contributed by atoms with Gasteiger partial charge in [0.1, 0.15) is 18.1 Å². The number of rotatable bonds is 5. The average molecular weight is 272 g/mol. The van der Waals surface area contributed by atoms with Crippen LogP contribution in [0.25, 0.3) is 0 Å². The van der Waals surface area contributed by atoms with Gasteiger partial charge in [-0.2, -0.15) is 0 Å². The van der Waals surface area contributed by atoms with Gasteiger partial charge in [0.05, 0.1) is 12.7 Å². The van der Waals surface area contributed by atoms with Crippen LogP contribution in [0.4, 0.5) is 0 Å². The van der Waals surface area contributed by atoms with Crippen LogP contribution in [0.15, 0.2) is 42.5 Å². The highest BCUT2D eigenvalue weighted by molar-refractivity contribution is 5.89. The molecule has 0 atom stereocenters. The average Bonchev–Trinajstić information content (AvgIpc) is 2.45. The molecule has 104 valence electrons. The summed E-state index contributed by atoms with van der Waals surface area (Å²) in [4.78, 5) is 10.9. The highest BCUT2D eigenvalue weighted by Crippen LogP contribution is 2.19. The van der Waals surface area contributed by atoms with E-state index in [-0.39, 0.29) is 0 Å². The van der Waals surface area contributed by atoms with Crippen molar-refractivity contribution in [2.75, 3.05) is 7.11 Å². The molecular formula is C16H16O4. The Morgan fingerprint density at radius 1 is 1.10 bits per heavy atom. The minimum atomic E-state index is -0.927. The highest BCUT2D eigenvalue weighted by Gasteiger charge is 2.07. The molecule has 0 heterocycles. The predicted octanol–water partition coefficient (Wildman–Crippen LogP) is 3.28. The summed E-state index contributed by atoms with van der Waals surface area (Å²) in [6.07, 6.45) is 0. The first kappa shape index (κ1) is 13.9. The van der Waals surface area contributed by atoms with Crippen LogP contribution < -0.4 is 9.47 Å². The van der Waals surface area contributed by atoms with Gasteiger partial charge in [0.2, 0.25) is 0 Å². The molecule has 0 aromatic heterocycles. The van der Waals surface area contributed by atoms with Crippen molar-refractivity contribution >= 4 is 5.97 Å². The first-order chi connectivity index (χ1) is 9.60. The Morgan fingerprint density at radius 3 is 2.30 bits per heavy atom. The molecule has 0 saturated heterocycles. The summed E-state index contributed by atoms with van der Waals surface area (Å²) >= 11 is 0. The number of benzene rings is 2. The molecule has 4 heteroatoms. The molecule has 0 amide bonds. The minimum Gasteiger partial charge on any atom is -0.497 e. The summed E-state index contributed by atoms with van der Waals surface area (Å²) in [6.45, 7) is 2.18. The van der Waals surface area contributed by atoms with Crippen molar-refractivity contribution in [1.82, 2.24) is 0 Å². The summed E-state index contributed by atoms with van der Waals surface area (Å²) < 4.78 is 10.7. The van der Waals surface area contributed by atoms with Gasteiger partial charge in [-0.1, -0.05) is 12.1 Å². The van der Waals surface area contributed by atoms with Crippen LogP contribution in [-0.4, -0.2) is 18.2 Å². The molecule has 0 aliphatic heterocycles. The van der Waals surface area contributed by atoms with Gasteiger partial charge < -0.3 is 14.6 Å². The number of aromatic carboxylic acids is 1. The third-order valence-corrected chi connectivity index (χ3v) is 2.99. The fraction of sp³-hybridized carbons (Fsp3) is 0.188. The summed E-state index contributed by atoms with van der Waals surface area (Å²) in [6, 6.07) is 12.6. The Hall–Kier alpha value is -2.49. The van der Waals surface area contributed by atoms with Gasteiger partial charge in [-0.3, -0.25) is 0 Å². The van der Waals surface area contributed by atoms with Crippen LogP contribution in [0, 0.1) is 6.92 Å². The molecule has 0 bridgehead atoms. The number of carboxylic acid groups (broad SMARTS) is 1. The van der Waals surface area contributed by atoms with E-state index in [9.17, 15) is 4.79 Å². The van der Waals surface area contributed by atoms with E-state index >= 15 is 0 Å². The second-order valence-electron chi connectivity index (χ2n) is 4.42. The molecule has 0 aliphatic carbocycles. The quantitative estimate of drug-likeness (QED) is 0.907. The van der Waals surface area contributed by atoms with E-state index < -0.39 is 5.97 Å². The first-order valence-electron chi connectivity index (χ1n) is 6.20. The number of methoxy groups -OCH3 is 1. The van der Waals surface area contributed by atoms with Gasteiger partial charge in [-0.15, -0.1) is 0 Å². The molecule has 0 fully saturated rings. The van der Waals surface area contributed by atoms with Gasteiger partial charge in [0, 0.05) is 0 Å². The number of hydrogen-bond acceptors (Lipinski definition) is 3. The zero-order chi connectivity index (χ0) is 14.5. The second kappa shape index (κ2) is 6.10. The molecule has 0 radical (unpaired) electrons. The lowest BCUT2D eigenvalue weighted by molar-refractivity contribution is 0.0696. The Balaban J connectivity index is 2.03. The van der Waals surface area contributed by atoms with E-state index in [4.69, 9.17) is 14.6 Å². The fourth-order valence-corrected chi connectivity index (χ4v) is 1.85. The van der Waals surface area contributed by atoms with E-state index in [1.165, 1.54) is 0 Å². The zero-order valence-electron chi connectivity index (χ0n) is 11.4. The van der Waals surface area contributed by atoms with Crippen molar-refractivity contribution < 1.29 is 19.4 Å². The molecule has 0 saturated carbocycles. The van der Waals surface area contributed by atoms with Crippen molar-refractivity contribution in [2.45, 2.75) is 13.5 Å². The van der Waals surface area contributed by atoms with Crippen molar-refractivity contribution in [3.8, 4) is 11.5 Å². The Morgan fingerprint density at radius 2 is 1.75 bits per heavy atom. The summed E-state index contributed by atoms with van der Waals surface area (Å²) in [5, 5.41) is 8.96. The maximum Gasteiger partial charge on any atom is 0.335 e. The number of hydrogen-bond donors (Lipinski definition) is 1. The molecule has 2 aromatic rings. The standard InChI is InChI=1S/C16H16O4/c1-11-9-14(7-8-15(11)16(17)18)20-10-12-3-5-13(19-2)6-4-12/h3-9H,10H2,1-2H3,(H,17,18). The lowest BCUT2D eigenvalue weighted by atomic mass is 10.1. The largest absolute Gasteiger partial charge is 0.497 e. The molecular weight excluding hydrogens is 256 g/mol. The highest BCUT2D eigenvalue weighted by atomic mass is 16.5. The normalized spacial score (nSPS) is 10.1. The van der Waals surface area contributed by atoms with Crippen molar-refractivity contribution in [3.05, 3.63) is 59.2 Å². The minimum absolute atomic E-state index is 0.293. The maximum absolute atomic E-state index is 10.9. The van der Waals surface area contributed by atoms with Gasteiger partial charge in [-0.25, -0.2) is 4.79 Å². The van der Waals surface area contributed by atoms with E-state index in [1.807, 2.05) is 24.3 Å². The first-order valence-corrected chi connectivity index (χ1v) is 6.20. The van der Waals surface area contributed by atoms with E-state index in [1.54, 1.807) is 32.2 Å². The number of carbonyl (C=O) groups is 1. The Kier molecular flexibility index (Phi) is 4.25. The number of carboxylic acids is 1. The molecule has 0 unspecified atom stereocenters. The monoisotopic (exact) mass is 272 g/mol. The second-order valence-corrected chi connectivity index (χ2v) is 4.42. The van der Waals surface area contributed by atoms with Crippen molar-refractivity contribution in [2.24, 2.45) is 0 Å². The van der Waals surface area contributed by atoms with Crippen molar-refractivity contribution in [1.29, 1.82) is 0 Å². The summed E-state index contributed by atoms with van der Waals surface area (Å²) in [5.74, 6) is 0.530. The Labute approximate surface area is 117 Å². The molecule has 2 aromatic carbocycles. The topological polar surface area (TPSA) is 55.8 Å². The van der Waals surface area contributed by atoms with Gasteiger partial charge in [-0.05, 0) is 48.4 Å². The van der Waals surface area contributed by atoms with Crippen LogP contribution in [0.2, 0.25) is 0 Å². The molecule has 1 N–H and O–H groups in total. The van der Waals surface area contributed by atoms with Crippen LogP contribution in [0.3, 0.4) is 0 Å². The molecule has 4 nitrogen and oxygen atoms in total. The zero-order valence-corrected chi connectivity index (χ0v) is 11.4. The molecule has 0 aliphatic rings. The van der Waals surface area contributed by atoms with E-state index in [2.05, 4.69) is 0 Å². The lowest BCUT2D eigenvalue weighted by Gasteiger charge is -2.09. The van der Waals surface area contributed by atoms with Gasteiger partial charge in [0.25, 0.3) is 0 Å². The van der Waals surface area contributed by atoms with Gasteiger partial charge >= 0.3 is 5.97 Å². The number of aryl methyl sites for hydroxylation is 1. The molecule has 2 rings (SSSR count). The van der Waals surface area contributed by atoms with Crippen LogP contribution in [-0.2, 0) is 6.61 Å². The summed E-state index contributed by atoms with van der Waals surface area (Å²) in [5.41, 5.74) is 2.00. The van der Waals surface area contributed by atoms with E-state index in [0.717, 1.165) is 11.3 Å². The van der Waals surface area contributed by atoms with Crippen LogP contribution in [0.1, 0.15) is 21.5 Å². The predicted molar refractivity (Wildman–Crippen MR) is 75.5 cm³/mol. The van der Waals surface area contributed by atoms with Crippen LogP contribution >= 0.6 is 0 Å².